The molecule has 274 valence electrons. The van der Waals surface area contributed by atoms with Gasteiger partial charge in [-0.1, -0.05) is 52.6 Å². The van der Waals surface area contributed by atoms with E-state index in [9.17, 15) is 29.0 Å². The number of aromatic nitrogens is 4. The molecule has 1 aliphatic heterocycles. The lowest BCUT2D eigenvalue weighted by molar-refractivity contribution is -0.745. The topological polar surface area (TPSA) is 253 Å². The molecule has 3 aromatic heterocycles. The number of H-pyrrole nitrogens is 1. The van der Waals surface area contributed by atoms with Crippen molar-refractivity contribution in [3.63, 3.8) is 0 Å². The smallest absolute Gasteiger partial charge is 0.476 e. The second kappa shape index (κ2) is 19.3. The van der Waals surface area contributed by atoms with Crippen LogP contribution in [0.4, 0.5) is 5.95 Å². The van der Waals surface area contributed by atoms with Gasteiger partial charge < -0.3 is 49.7 Å². The van der Waals surface area contributed by atoms with E-state index in [2.05, 4.69) is 70.1 Å². The molecule has 18 nitrogen and oxygen atoms in total. The van der Waals surface area contributed by atoms with E-state index in [1.165, 1.54) is 61.5 Å². The van der Waals surface area contributed by atoms with Gasteiger partial charge in [-0.05, 0) is 50.7 Å². The van der Waals surface area contributed by atoms with Crippen molar-refractivity contribution in [2.75, 3.05) is 51.6 Å². The molecule has 21 heteroatoms. The number of phosphoric acid groups is 2. The summed E-state index contributed by atoms with van der Waals surface area (Å²) in [6.45, 7) is 19.6. The third kappa shape index (κ3) is 12.4. The van der Waals surface area contributed by atoms with Crippen LogP contribution in [-0.2, 0) is 29.2 Å². The fraction of sp³-hybridized carbons (Fsp3) is 0.667. The molecule has 0 spiro atoms. The number of nitrogen functional groups attached to an aromatic ring is 1. The van der Waals surface area contributed by atoms with Crippen LogP contribution < -0.4 is 20.8 Å². The molecular weight excluding hydrogens is 692 g/mol. The third-order valence-electron chi connectivity index (χ3n) is 7.49. The van der Waals surface area contributed by atoms with Crippen LogP contribution in [0.2, 0.25) is 0 Å². The van der Waals surface area contributed by atoms with Gasteiger partial charge in [0.2, 0.25) is 11.7 Å². The summed E-state index contributed by atoms with van der Waals surface area (Å²) < 4.78 is 38.6. The maximum atomic E-state index is 12.6. The first-order valence-electron chi connectivity index (χ1n) is 15.5. The number of phosphoric ester groups is 1. The number of thiophene rings is 1. The third-order valence-corrected chi connectivity index (χ3v) is 10.5. The Kier molecular flexibility index (Phi) is 17.0. The molecule has 7 N–H and O–H groups in total. The maximum Gasteiger partial charge on any atom is 0.476 e. The van der Waals surface area contributed by atoms with Crippen LogP contribution in [0, 0.1) is 0 Å². The number of ether oxygens (including phenoxy) is 1. The number of aliphatic hydroxyl groups excluding tert-OH is 2. The van der Waals surface area contributed by atoms with Crippen molar-refractivity contribution in [1.82, 2.24) is 24.3 Å². The maximum absolute atomic E-state index is 12.6. The quantitative estimate of drug-likeness (QED) is 0.0978. The number of nitrogens with zero attached hydrogens (tertiary/aromatic N) is 5. The zero-order valence-electron chi connectivity index (χ0n) is 28.0. The molecule has 1 unspecified atom stereocenters. The van der Waals surface area contributed by atoms with Crippen LogP contribution in [0.5, 0.6) is 0 Å². The van der Waals surface area contributed by atoms with Gasteiger partial charge >= 0.3 is 13.5 Å². The molecule has 0 saturated carbocycles. The Morgan fingerprint density at radius 1 is 1.06 bits per heavy atom. The molecule has 3 aromatic rings. The predicted octanol–water partition coefficient (Wildman–Crippen LogP) is 0.614. The standard InChI is InChI=1S/C15H19N5O11P2S.2C6H15N/c16-15-17-12-9(13(23)18-15)19(4-7-2-1-3-34-7)6-20(12)14-11(22)10(21)8(30-14)5-29-33(27,28)31-32(24,25)26;2*1-4-7(5-2)6-3/h1-3,6,8,10-11,14,21-22H,4-5H2,(H5-,16,17,18,23,24,25,26,27,28);2*4-6H2,1-3H3/t8-,10-,11-,14-;;/m1../s1. The molecule has 4 heterocycles. The van der Waals surface area contributed by atoms with E-state index in [0.717, 1.165) is 4.88 Å². The first-order chi connectivity index (χ1) is 22.5. The molecule has 1 aliphatic rings. The minimum atomic E-state index is -5.46. The van der Waals surface area contributed by atoms with Crippen LogP contribution in [0.25, 0.3) is 11.2 Å². The van der Waals surface area contributed by atoms with E-state index < -0.39 is 52.4 Å². The van der Waals surface area contributed by atoms with Gasteiger partial charge in [-0.3, -0.25) is 18.9 Å². The second-order valence-electron chi connectivity index (χ2n) is 10.5. The molecule has 4 rings (SSSR count). The minimum absolute atomic E-state index is 0.0231. The number of aromatic amines is 1. The normalized spacial score (nSPS) is 20.8. The number of hydrogen-bond acceptors (Lipinski definition) is 14. The number of anilines is 1. The second-order valence-corrected chi connectivity index (χ2v) is 14.3. The summed E-state index contributed by atoms with van der Waals surface area (Å²) >= 11 is 1.44. The Morgan fingerprint density at radius 3 is 2.08 bits per heavy atom. The van der Waals surface area contributed by atoms with Crippen molar-refractivity contribution < 1.29 is 52.2 Å². The zero-order chi connectivity index (χ0) is 36.2. The molecule has 0 aromatic carbocycles. The number of rotatable bonds is 14. The van der Waals surface area contributed by atoms with Crippen LogP contribution in [-0.4, -0.2) is 109 Å². The van der Waals surface area contributed by atoms with E-state index in [-0.39, 0.29) is 23.7 Å². The zero-order valence-corrected chi connectivity index (χ0v) is 30.6. The van der Waals surface area contributed by atoms with Crippen molar-refractivity contribution in [3.8, 4) is 0 Å². The predicted molar refractivity (Wildman–Crippen MR) is 178 cm³/mol. The minimum Gasteiger partial charge on any atom is -0.756 e. The average Bonchev–Trinajstić information content (AvgIpc) is 3.72. The van der Waals surface area contributed by atoms with Gasteiger partial charge in [0.1, 0.15) is 24.9 Å². The van der Waals surface area contributed by atoms with Gasteiger partial charge in [-0.15, -0.1) is 11.3 Å². The Hall–Kier alpha value is -2.09. The van der Waals surface area contributed by atoms with E-state index in [1.807, 2.05) is 17.5 Å². The van der Waals surface area contributed by atoms with E-state index in [0.29, 0.717) is 0 Å². The molecule has 0 radical (unpaired) electrons. The number of hydrogen-bond donors (Lipinski definition) is 6. The summed E-state index contributed by atoms with van der Waals surface area (Å²) in [5.74, 6) is -0.213. The molecule has 5 atom stereocenters. The molecule has 1 fully saturated rings. The molecule has 48 heavy (non-hydrogen) atoms. The molecular formula is C27H49N7O11P2S. The first-order valence-corrected chi connectivity index (χ1v) is 19.4. The van der Waals surface area contributed by atoms with Gasteiger partial charge in [-0.2, -0.15) is 0 Å². The summed E-state index contributed by atoms with van der Waals surface area (Å²) in [6.07, 6.45) is -4.69. The Balaban J connectivity index is 0.000000479. The lowest BCUT2D eigenvalue weighted by Gasteiger charge is -2.24. The summed E-state index contributed by atoms with van der Waals surface area (Å²) in [5.41, 5.74) is 5.23. The molecule has 0 amide bonds. The van der Waals surface area contributed by atoms with Crippen LogP contribution in [0.1, 0.15) is 52.6 Å². The average molecular weight is 742 g/mol. The number of imidazole rings is 1. The lowest BCUT2D eigenvalue weighted by Crippen LogP contribution is -2.46. The van der Waals surface area contributed by atoms with Crippen LogP contribution >= 0.6 is 27.0 Å². The monoisotopic (exact) mass is 741 g/mol. The Morgan fingerprint density at radius 2 is 1.62 bits per heavy atom. The molecule has 1 saturated heterocycles. The van der Waals surface area contributed by atoms with E-state index >= 15 is 0 Å². The first kappa shape index (κ1) is 42.1. The van der Waals surface area contributed by atoms with Crippen LogP contribution in [0.3, 0.4) is 0 Å². The summed E-state index contributed by atoms with van der Waals surface area (Å²) in [5, 5.41) is 22.7. The number of nitrogens with one attached hydrogen (secondary N) is 1. The van der Waals surface area contributed by atoms with Gasteiger partial charge in [-0.25, -0.2) is 13.4 Å². The number of nitrogens with two attached hydrogens (primary N) is 1. The van der Waals surface area contributed by atoms with Crippen LogP contribution in [0.15, 0.2) is 28.6 Å². The largest absolute Gasteiger partial charge is 0.756 e. The van der Waals surface area contributed by atoms with E-state index in [4.69, 9.17) is 20.3 Å². The highest BCUT2D eigenvalue weighted by molar-refractivity contribution is 7.60. The fourth-order valence-electron chi connectivity index (χ4n) is 4.81. The summed E-state index contributed by atoms with van der Waals surface area (Å²) in [6, 6.07) is 3.68. The lowest BCUT2D eigenvalue weighted by atomic mass is 10.1. The van der Waals surface area contributed by atoms with Crippen molar-refractivity contribution in [2.24, 2.45) is 0 Å². The highest BCUT2D eigenvalue weighted by Gasteiger charge is 2.47. The molecule has 0 bridgehead atoms. The number of fused-ring (bicyclic) bond motifs is 1. The van der Waals surface area contributed by atoms with Crippen molar-refractivity contribution >= 4 is 44.1 Å². The Labute approximate surface area is 283 Å². The number of aliphatic hydroxyl groups is 2. The Bertz CT molecular complexity index is 1520. The SMILES string of the molecule is CCN(CC)CC.CCN(CC)CC.Nc1nc2c(c(=O)[nH]1)n(Cc1cccs1)c[n+]2[C@@H]1O[C@H](COP(=O)([O-])OP(=O)(O)O)[C@@H](O)[C@H]1O. The van der Waals surface area contributed by atoms with Gasteiger partial charge in [0.05, 0.1) is 6.61 Å². The van der Waals surface area contributed by atoms with Gasteiger partial charge in [0.15, 0.2) is 6.33 Å². The van der Waals surface area contributed by atoms with Crippen molar-refractivity contribution in [1.29, 1.82) is 0 Å². The highest BCUT2D eigenvalue weighted by atomic mass is 32.1. The van der Waals surface area contributed by atoms with Gasteiger partial charge in [0.25, 0.3) is 19.3 Å². The van der Waals surface area contributed by atoms with Gasteiger partial charge in [0, 0.05) is 4.88 Å². The van der Waals surface area contributed by atoms with E-state index in [1.54, 1.807) is 4.57 Å². The molecule has 0 aliphatic carbocycles. The van der Waals surface area contributed by atoms with Crippen molar-refractivity contribution in [3.05, 3.63) is 39.1 Å². The van der Waals surface area contributed by atoms with Crippen molar-refractivity contribution in [2.45, 2.75) is 72.6 Å². The highest BCUT2D eigenvalue weighted by Crippen LogP contribution is 2.55. The summed E-state index contributed by atoms with van der Waals surface area (Å²) in [7, 11) is -10.9. The summed E-state index contributed by atoms with van der Waals surface area (Å²) in [4.78, 5) is 53.6. The fourth-order valence-corrected chi connectivity index (χ4v) is 7.07.